The smallest absolute Gasteiger partial charge is 0.230 e. The number of anilines is 1. The normalized spacial score (nSPS) is 20.6. The molecule has 2 fully saturated rings. The van der Waals surface area contributed by atoms with Crippen LogP contribution in [0.4, 0.5) is 5.82 Å². The van der Waals surface area contributed by atoms with E-state index in [0.29, 0.717) is 25.4 Å². The second-order valence-electron chi connectivity index (χ2n) is 8.01. The Balaban J connectivity index is 1.53. The topological polar surface area (TPSA) is 67.2 Å². The largest absolute Gasteiger partial charge is 0.339 e. The van der Waals surface area contributed by atoms with Gasteiger partial charge in [-0.1, -0.05) is 43.2 Å². The number of piperidine rings is 1. The van der Waals surface area contributed by atoms with Crippen LogP contribution >= 0.6 is 0 Å². The van der Waals surface area contributed by atoms with Gasteiger partial charge in [-0.15, -0.1) is 0 Å². The highest BCUT2D eigenvalue weighted by atomic mass is 16.2. The number of hydrogen-bond acceptors (Lipinski definition) is 3. The standard InChI is InChI=1S/C22H28N4O2/c1-15-20(16-8-4-3-5-9-16)21(25(2)24-15)23-22(28)17-12-13-19(27)26(14-17)18-10-6-7-11-18/h3-5,8-9,17-18H,6-7,10-14H2,1-2H3,(H,23,28). The molecule has 6 heteroatoms. The van der Waals surface area contributed by atoms with Crippen LogP contribution in [0, 0.1) is 12.8 Å². The lowest BCUT2D eigenvalue weighted by Gasteiger charge is -2.36. The average Bonchev–Trinajstić information content (AvgIpc) is 3.31. The first-order valence-corrected chi connectivity index (χ1v) is 10.2. The zero-order valence-electron chi connectivity index (χ0n) is 16.6. The summed E-state index contributed by atoms with van der Waals surface area (Å²) in [6.07, 6.45) is 5.58. The maximum atomic E-state index is 13.1. The van der Waals surface area contributed by atoms with Crippen LogP contribution in [0.5, 0.6) is 0 Å². The number of likely N-dealkylation sites (tertiary alicyclic amines) is 1. The van der Waals surface area contributed by atoms with E-state index in [1.165, 1.54) is 12.8 Å². The number of aryl methyl sites for hydroxylation is 2. The van der Waals surface area contributed by atoms with Crippen molar-refractivity contribution >= 4 is 17.6 Å². The van der Waals surface area contributed by atoms with Crippen LogP contribution in [0.3, 0.4) is 0 Å². The molecular formula is C22H28N4O2. The number of nitrogens with one attached hydrogen (secondary N) is 1. The number of benzene rings is 1. The summed E-state index contributed by atoms with van der Waals surface area (Å²) >= 11 is 0. The van der Waals surface area contributed by atoms with Crippen LogP contribution in [0.2, 0.25) is 0 Å². The maximum Gasteiger partial charge on any atom is 0.230 e. The number of amides is 2. The molecule has 2 heterocycles. The van der Waals surface area contributed by atoms with Gasteiger partial charge in [-0.25, -0.2) is 0 Å². The lowest BCUT2D eigenvalue weighted by Crippen LogP contribution is -2.48. The van der Waals surface area contributed by atoms with E-state index < -0.39 is 0 Å². The number of nitrogens with zero attached hydrogens (tertiary/aromatic N) is 3. The Hall–Kier alpha value is -2.63. The van der Waals surface area contributed by atoms with E-state index in [9.17, 15) is 9.59 Å². The molecule has 1 saturated heterocycles. The van der Waals surface area contributed by atoms with Gasteiger partial charge >= 0.3 is 0 Å². The summed E-state index contributed by atoms with van der Waals surface area (Å²) in [5, 5.41) is 7.63. The van der Waals surface area contributed by atoms with Crippen LogP contribution in [-0.2, 0) is 16.6 Å². The maximum absolute atomic E-state index is 13.1. The van der Waals surface area contributed by atoms with E-state index in [-0.39, 0.29) is 17.7 Å². The number of hydrogen-bond donors (Lipinski definition) is 1. The van der Waals surface area contributed by atoms with Gasteiger partial charge in [0.15, 0.2) is 0 Å². The van der Waals surface area contributed by atoms with Crippen molar-refractivity contribution in [3.63, 3.8) is 0 Å². The number of carbonyl (C=O) groups excluding carboxylic acids is 2. The predicted molar refractivity (Wildman–Crippen MR) is 109 cm³/mol. The summed E-state index contributed by atoms with van der Waals surface area (Å²) in [6, 6.07) is 10.3. The minimum atomic E-state index is -0.169. The molecule has 1 aliphatic carbocycles. The van der Waals surface area contributed by atoms with E-state index in [1.807, 2.05) is 49.2 Å². The van der Waals surface area contributed by atoms with Crippen LogP contribution in [0.1, 0.15) is 44.2 Å². The molecule has 6 nitrogen and oxygen atoms in total. The van der Waals surface area contributed by atoms with E-state index in [0.717, 1.165) is 35.5 Å². The third-order valence-corrected chi connectivity index (χ3v) is 6.11. The minimum absolute atomic E-state index is 0.0179. The second kappa shape index (κ2) is 7.78. The van der Waals surface area contributed by atoms with Crippen molar-refractivity contribution in [1.29, 1.82) is 0 Å². The fraction of sp³-hybridized carbons (Fsp3) is 0.500. The van der Waals surface area contributed by atoms with E-state index in [1.54, 1.807) is 4.68 Å². The summed E-state index contributed by atoms with van der Waals surface area (Å²) in [4.78, 5) is 27.4. The SMILES string of the molecule is Cc1nn(C)c(NC(=O)C2CCC(=O)N(C3CCCC3)C2)c1-c1ccccc1. The Morgan fingerprint density at radius 3 is 2.57 bits per heavy atom. The van der Waals surface area contributed by atoms with E-state index in [4.69, 9.17) is 0 Å². The molecule has 1 unspecified atom stereocenters. The highest BCUT2D eigenvalue weighted by Crippen LogP contribution is 2.33. The van der Waals surface area contributed by atoms with Gasteiger partial charge in [0.05, 0.1) is 11.6 Å². The molecule has 2 amide bonds. The molecule has 1 atom stereocenters. The van der Waals surface area contributed by atoms with Gasteiger partial charge in [-0.05, 0) is 31.7 Å². The molecule has 1 N–H and O–H groups in total. The molecule has 0 bridgehead atoms. The average molecular weight is 380 g/mol. The zero-order valence-corrected chi connectivity index (χ0v) is 16.6. The van der Waals surface area contributed by atoms with Crippen LogP contribution in [0.15, 0.2) is 30.3 Å². The van der Waals surface area contributed by atoms with Crippen molar-refractivity contribution in [2.45, 2.75) is 51.5 Å². The van der Waals surface area contributed by atoms with E-state index >= 15 is 0 Å². The molecule has 4 rings (SSSR count). The molecule has 2 aromatic rings. The van der Waals surface area contributed by atoms with Gasteiger partial charge in [-0.3, -0.25) is 14.3 Å². The Labute approximate surface area is 165 Å². The molecule has 0 radical (unpaired) electrons. The van der Waals surface area contributed by atoms with Crippen molar-refractivity contribution < 1.29 is 9.59 Å². The molecule has 2 aliphatic rings. The summed E-state index contributed by atoms with van der Waals surface area (Å²) < 4.78 is 1.73. The number of carbonyl (C=O) groups is 2. The summed E-state index contributed by atoms with van der Waals surface area (Å²) in [7, 11) is 1.85. The first-order valence-electron chi connectivity index (χ1n) is 10.2. The third kappa shape index (κ3) is 3.55. The number of rotatable bonds is 4. The monoisotopic (exact) mass is 380 g/mol. The fourth-order valence-corrected chi connectivity index (χ4v) is 4.63. The van der Waals surface area contributed by atoms with Gasteiger partial charge in [0.2, 0.25) is 11.8 Å². The molecule has 1 aliphatic heterocycles. The van der Waals surface area contributed by atoms with E-state index in [2.05, 4.69) is 10.4 Å². The van der Waals surface area contributed by atoms with Crippen molar-refractivity contribution in [2.75, 3.05) is 11.9 Å². The lowest BCUT2D eigenvalue weighted by atomic mass is 9.94. The van der Waals surface area contributed by atoms with Crippen molar-refractivity contribution in [3.05, 3.63) is 36.0 Å². The third-order valence-electron chi connectivity index (χ3n) is 6.11. The molecule has 28 heavy (non-hydrogen) atoms. The molecule has 1 saturated carbocycles. The van der Waals surface area contributed by atoms with Gasteiger partial charge in [-0.2, -0.15) is 5.10 Å². The van der Waals surface area contributed by atoms with Crippen molar-refractivity contribution in [3.8, 4) is 11.1 Å². The Morgan fingerprint density at radius 2 is 1.86 bits per heavy atom. The first kappa shape index (κ1) is 18.7. The molecule has 1 aromatic carbocycles. The van der Waals surface area contributed by atoms with Crippen LogP contribution in [0.25, 0.3) is 11.1 Å². The Bertz CT molecular complexity index is 868. The Morgan fingerprint density at radius 1 is 1.14 bits per heavy atom. The van der Waals surface area contributed by atoms with Gasteiger partial charge in [0.1, 0.15) is 5.82 Å². The highest BCUT2D eigenvalue weighted by molar-refractivity contribution is 5.97. The number of aromatic nitrogens is 2. The quantitative estimate of drug-likeness (QED) is 0.883. The molecule has 1 aromatic heterocycles. The summed E-state index contributed by atoms with van der Waals surface area (Å²) in [6.45, 7) is 2.49. The summed E-state index contributed by atoms with van der Waals surface area (Å²) in [5.41, 5.74) is 2.88. The van der Waals surface area contributed by atoms with Gasteiger partial charge in [0.25, 0.3) is 0 Å². The van der Waals surface area contributed by atoms with Gasteiger partial charge < -0.3 is 10.2 Å². The lowest BCUT2D eigenvalue weighted by molar-refractivity contribution is -0.139. The van der Waals surface area contributed by atoms with Crippen LogP contribution < -0.4 is 5.32 Å². The summed E-state index contributed by atoms with van der Waals surface area (Å²) in [5.74, 6) is 0.739. The van der Waals surface area contributed by atoms with Crippen molar-refractivity contribution in [1.82, 2.24) is 14.7 Å². The van der Waals surface area contributed by atoms with Crippen LogP contribution in [-0.4, -0.2) is 39.1 Å². The minimum Gasteiger partial charge on any atom is -0.339 e. The molecule has 148 valence electrons. The predicted octanol–water partition coefficient (Wildman–Crippen LogP) is 3.52. The zero-order chi connectivity index (χ0) is 19.7. The van der Waals surface area contributed by atoms with Crippen molar-refractivity contribution in [2.24, 2.45) is 13.0 Å². The van der Waals surface area contributed by atoms with Gasteiger partial charge in [0, 0.05) is 31.6 Å². The second-order valence-corrected chi connectivity index (χ2v) is 8.01. The Kier molecular flexibility index (Phi) is 5.20. The molecular weight excluding hydrogens is 352 g/mol. The molecule has 0 spiro atoms. The fourth-order valence-electron chi connectivity index (χ4n) is 4.63. The highest BCUT2D eigenvalue weighted by Gasteiger charge is 2.35. The first-order chi connectivity index (χ1) is 13.5.